The number of hydrogen-bond donors (Lipinski definition) is 1. The molecule has 0 aliphatic carbocycles. The predicted octanol–water partition coefficient (Wildman–Crippen LogP) is 2.38. The van der Waals surface area contributed by atoms with Crippen LogP contribution in [0.3, 0.4) is 0 Å². The van der Waals surface area contributed by atoms with Gasteiger partial charge in [0.2, 0.25) is 0 Å². The van der Waals surface area contributed by atoms with Crippen LogP contribution in [0.1, 0.15) is 30.0 Å². The average molecular weight is 426 g/mol. The van der Waals surface area contributed by atoms with E-state index in [1.807, 2.05) is 6.07 Å². The highest BCUT2D eigenvalue weighted by atomic mass is 19.3. The summed E-state index contributed by atoms with van der Waals surface area (Å²) in [5, 5.41) is 19.5. The second-order valence-corrected chi connectivity index (χ2v) is 7.09. The third kappa shape index (κ3) is 3.19. The highest BCUT2D eigenvalue weighted by Gasteiger charge is 2.51. The molecule has 158 valence electrons. The zero-order valence-corrected chi connectivity index (χ0v) is 16.5. The normalized spacial score (nSPS) is 15.9. The first-order valence-corrected chi connectivity index (χ1v) is 9.24. The molecule has 2 heterocycles. The van der Waals surface area contributed by atoms with Crippen LogP contribution in [0.25, 0.3) is 10.9 Å². The van der Waals surface area contributed by atoms with Crippen LogP contribution in [0.5, 0.6) is 5.75 Å². The van der Waals surface area contributed by atoms with E-state index in [-0.39, 0.29) is 39.3 Å². The highest BCUT2D eigenvalue weighted by molar-refractivity contribution is 6.01. The third-order valence-electron chi connectivity index (χ3n) is 5.11. The van der Waals surface area contributed by atoms with Gasteiger partial charge in [-0.05, 0) is 25.1 Å². The molecule has 1 N–H and O–H groups in total. The van der Waals surface area contributed by atoms with Crippen LogP contribution in [0.2, 0.25) is 0 Å². The van der Waals surface area contributed by atoms with Gasteiger partial charge in [0.25, 0.3) is 5.56 Å². The second-order valence-electron chi connectivity index (χ2n) is 7.09. The zero-order chi connectivity index (χ0) is 22.5. The number of carbonyl (C=O) groups excluding carboxylic acids is 1. The SMILES string of the molecule is C[C@H](O)c1cccc2c1OC(F)(F)C(=O)N2Cc1nc2c(C#N)cccc2c(=O)n1C. The molecule has 0 saturated carbocycles. The van der Waals surface area contributed by atoms with E-state index in [4.69, 9.17) is 0 Å². The number of rotatable bonds is 3. The molecule has 0 fully saturated rings. The fraction of sp³-hybridized carbons (Fsp3) is 0.238. The topological polar surface area (TPSA) is 108 Å². The molecule has 1 aromatic heterocycles. The lowest BCUT2D eigenvalue weighted by Gasteiger charge is -2.34. The summed E-state index contributed by atoms with van der Waals surface area (Å²) in [5.74, 6) is -1.96. The average Bonchev–Trinajstić information content (AvgIpc) is 2.73. The lowest BCUT2D eigenvalue weighted by atomic mass is 10.1. The van der Waals surface area contributed by atoms with Crippen molar-refractivity contribution in [3.63, 3.8) is 0 Å². The number of carbonyl (C=O) groups is 1. The van der Waals surface area contributed by atoms with Gasteiger partial charge in [-0.25, -0.2) is 4.98 Å². The van der Waals surface area contributed by atoms with Crippen molar-refractivity contribution in [1.29, 1.82) is 5.26 Å². The number of anilines is 1. The number of aromatic nitrogens is 2. The fourth-order valence-corrected chi connectivity index (χ4v) is 3.50. The second kappa shape index (κ2) is 7.14. The number of ether oxygens (including phenoxy) is 1. The quantitative estimate of drug-likeness (QED) is 0.689. The number of nitriles is 1. The van der Waals surface area contributed by atoms with Gasteiger partial charge in [0.1, 0.15) is 11.9 Å². The first-order chi connectivity index (χ1) is 14.7. The van der Waals surface area contributed by atoms with Crippen LogP contribution < -0.4 is 15.2 Å². The van der Waals surface area contributed by atoms with Crippen LogP contribution in [0.4, 0.5) is 14.5 Å². The Hall–Kier alpha value is -3.84. The summed E-state index contributed by atoms with van der Waals surface area (Å²) in [4.78, 5) is 30.3. The fourth-order valence-electron chi connectivity index (χ4n) is 3.50. The van der Waals surface area contributed by atoms with Crippen molar-refractivity contribution in [2.45, 2.75) is 25.7 Å². The van der Waals surface area contributed by atoms with Gasteiger partial charge < -0.3 is 9.84 Å². The number of alkyl halides is 2. The number of aliphatic hydroxyl groups excluding tert-OH is 1. The molecule has 1 aliphatic rings. The third-order valence-corrected chi connectivity index (χ3v) is 5.11. The lowest BCUT2D eigenvalue weighted by Crippen LogP contribution is -2.51. The number of hydrogen-bond acceptors (Lipinski definition) is 6. The number of nitrogens with zero attached hydrogens (tertiary/aromatic N) is 4. The number of benzene rings is 2. The number of aliphatic hydroxyl groups is 1. The van der Waals surface area contributed by atoms with Crippen molar-refractivity contribution in [3.8, 4) is 11.8 Å². The monoisotopic (exact) mass is 426 g/mol. The number of para-hydroxylation sites is 2. The summed E-state index contributed by atoms with van der Waals surface area (Å²) in [7, 11) is 1.40. The van der Waals surface area contributed by atoms with Crippen molar-refractivity contribution >= 4 is 22.5 Å². The number of fused-ring (bicyclic) bond motifs is 2. The van der Waals surface area contributed by atoms with Crippen molar-refractivity contribution in [2.75, 3.05) is 4.90 Å². The largest absolute Gasteiger partial charge is 0.483 e. The molecule has 2 aromatic carbocycles. The maximum atomic E-state index is 14.4. The Bertz CT molecular complexity index is 1330. The summed E-state index contributed by atoms with van der Waals surface area (Å²) in [5.41, 5.74) is -0.123. The first kappa shape index (κ1) is 20.4. The molecule has 0 unspecified atom stereocenters. The van der Waals surface area contributed by atoms with Crippen LogP contribution >= 0.6 is 0 Å². The van der Waals surface area contributed by atoms with E-state index in [0.29, 0.717) is 0 Å². The maximum Gasteiger partial charge on any atom is 0.483 e. The summed E-state index contributed by atoms with van der Waals surface area (Å²) < 4.78 is 34.6. The Balaban J connectivity index is 1.91. The predicted molar refractivity (Wildman–Crippen MR) is 106 cm³/mol. The minimum Gasteiger partial charge on any atom is -0.423 e. The molecule has 8 nitrogen and oxygen atoms in total. The van der Waals surface area contributed by atoms with E-state index in [1.54, 1.807) is 6.07 Å². The summed E-state index contributed by atoms with van der Waals surface area (Å²) in [6.45, 7) is 0.908. The Morgan fingerprint density at radius 3 is 2.65 bits per heavy atom. The van der Waals surface area contributed by atoms with Crippen molar-refractivity contribution in [1.82, 2.24) is 9.55 Å². The van der Waals surface area contributed by atoms with E-state index in [2.05, 4.69) is 9.72 Å². The zero-order valence-electron chi connectivity index (χ0n) is 16.5. The minimum atomic E-state index is -4.18. The Morgan fingerprint density at radius 2 is 1.97 bits per heavy atom. The number of halogens is 2. The molecular weight excluding hydrogens is 410 g/mol. The molecule has 0 spiro atoms. The van der Waals surface area contributed by atoms with Crippen molar-refractivity contribution in [2.24, 2.45) is 7.05 Å². The van der Waals surface area contributed by atoms with E-state index in [1.165, 1.54) is 44.3 Å². The summed E-state index contributed by atoms with van der Waals surface area (Å²) in [6.07, 6.45) is -5.30. The Labute approximate surface area is 174 Å². The molecule has 1 amide bonds. The van der Waals surface area contributed by atoms with Gasteiger partial charge in [-0.3, -0.25) is 19.1 Å². The highest BCUT2D eigenvalue weighted by Crippen LogP contribution is 2.44. The van der Waals surface area contributed by atoms with Gasteiger partial charge in [-0.1, -0.05) is 18.2 Å². The first-order valence-electron chi connectivity index (χ1n) is 9.24. The van der Waals surface area contributed by atoms with Crippen LogP contribution in [-0.4, -0.2) is 26.7 Å². The van der Waals surface area contributed by atoms with Crippen LogP contribution in [-0.2, 0) is 18.4 Å². The summed E-state index contributed by atoms with van der Waals surface area (Å²) >= 11 is 0. The molecule has 1 atom stereocenters. The Morgan fingerprint density at radius 1 is 1.26 bits per heavy atom. The van der Waals surface area contributed by atoms with Gasteiger partial charge in [0.05, 0.1) is 34.8 Å². The maximum absolute atomic E-state index is 14.4. The molecule has 1 aliphatic heterocycles. The van der Waals surface area contributed by atoms with Gasteiger partial charge >= 0.3 is 12.0 Å². The van der Waals surface area contributed by atoms with Crippen molar-refractivity contribution < 1.29 is 23.4 Å². The Kier molecular flexibility index (Phi) is 4.71. The lowest BCUT2D eigenvalue weighted by molar-refractivity contribution is -0.193. The molecule has 3 aromatic rings. The van der Waals surface area contributed by atoms with E-state index in [9.17, 15) is 28.7 Å². The van der Waals surface area contributed by atoms with Gasteiger partial charge in [0.15, 0.2) is 5.75 Å². The molecule has 0 saturated heterocycles. The van der Waals surface area contributed by atoms with E-state index >= 15 is 0 Å². The van der Waals surface area contributed by atoms with Crippen molar-refractivity contribution in [3.05, 3.63) is 63.7 Å². The molecular formula is C21H16F2N4O4. The molecule has 10 heteroatoms. The minimum absolute atomic E-state index is 0.000324. The standard InChI is InChI=1S/C21H16F2N4O4/c1-11(28)13-6-4-8-15-18(13)31-21(22,23)20(30)27(15)10-16-25-17-12(9-24)5-3-7-14(17)19(29)26(16)2/h3-8,11,28H,10H2,1-2H3/t11-/m0/s1. The van der Waals surface area contributed by atoms with Gasteiger partial charge in [-0.15, -0.1) is 0 Å². The number of amides is 1. The molecule has 0 bridgehead atoms. The van der Waals surface area contributed by atoms with Gasteiger partial charge in [-0.2, -0.15) is 14.0 Å². The van der Waals surface area contributed by atoms with Gasteiger partial charge in [0, 0.05) is 12.6 Å². The van der Waals surface area contributed by atoms with Crippen LogP contribution in [0, 0.1) is 11.3 Å². The molecule has 31 heavy (non-hydrogen) atoms. The molecule has 4 rings (SSSR count). The van der Waals surface area contributed by atoms with E-state index < -0.39 is 30.2 Å². The smallest absolute Gasteiger partial charge is 0.423 e. The molecule has 0 radical (unpaired) electrons. The summed E-state index contributed by atoms with van der Waals surface area (Å²) in [6, 6.07) is 10.8. The van der Waals surface area contributed by atoms with Crippen LogP contribution in [0.15, 0.2) is 41.2 Å². The van der Waals surface area contributed by atoms with E-state index in [0.717, 1.165) is 9.47 Å².